The fourth-order valence-electron chi connectivity index (χ4n) is 1.60. The van der Waals surface area contributed by atoms with Gasteiger partial charge in [-0.15, -0.1) is 0 Å². The van der Waals surface area contributed by atoms with Crippen LogP contribution in [0.2, 0.25) is 0 Å². The van der Waals surface area contributed by atoms with Gasteiger partial charge in [0.2, 0.25) is 0 Å². The maximum Gasteiger partial charge on any atom is 0.0761 e. The standard InChI is InChI=1S/C11H12O/c12-11-7-3-6-9-4-1-2-5-10(9)8-11/h1-5,7,11-12H,6,8H2. The third kappa shape index (κ3) is 1.41. The van der Waals surface area contributed by atoms with Crippen LogP contribution in [-0.2, 0) is 12.8 Å². The highest BCUT2D eigenvalue weighted by atomic mass is 16.3. The van der Waals surface area contributed by atoms with Gasteiger partial charge in [0, 0.05) is 6.42 Å². The average Bonchev–Trinajstić information content (AvgIpc) is 2.25. The molecule has 62 valence electrons. The van der Waals surface area contributed by atoms with E-state index < -0.39 is 0 Å². The smallest absolute Gasteiger partial charge is 0.0761 e. The lowest BCUT2D eigenvalue weighted by molar-refractivity contribution is 0.224. The highest BCUT2D eigenvalue weighted by molar-refractivity contribution is 5.31. The van der Waals surface area contributed by atoms with Crippen LogP contribution in [0.3, 0.4) is 0 Å². The molecule has 0 bridgehead atoms. The van der Waals surface area contributed by atoms with Gasteiger partial charge in [-0.2, -0.15) is 0 Å². The van der Waals surface area contributed by atoms with Gasteiger partial charge in [0.25, 0.3) is 0 Å². The van der Waals surface area contributed by atoms with Crippen LogP contribution in [0.5, 0.6) is 0 Å². The maximum atomic E-state index is 9.45. The number of benzene rings is 1. The van der Waals surface area contributed by atoms with E-state index in [1.165, 1.54) is 11.1 Å². The Kier molecular flexibility index (Phi) is 1.96. The van der Waals surface area contributed by atoms with Crippen molar-refractivity contribution in [3.8, 4) is 0 Å². The molecule has 0 saturated heterocycles. The Balaban J connectivity index is 2.38. The van der Waals surface area contributed by atoms with Crippen LogP contribution < -0.4 is 0 Å². The van der Waals surface area contributed by atoms with E-state index in [-0.39, 0.29) is 6.10 Å². The fourth-order valence-corrected chi connectivity index (χ4v) is 1.60. The van der Waals surface area contributed by atoms with E-state index in [0.29, 0.717) is 0 Å². The Morgan fingerprint density at radius 3 is 2.75 bits per heavy atom. The van der Waals surface area contributed by atoms with E-state index in [2.05, 4.69) is 12.1 Å². The second-order valence-corrected chi connectivity index (χ2v) is 3.17. The minimum Gasteiger partial charge on any atom is -0.389 e. The molecule has 1 aliphatic rings. The van der Waals surface area contributed by atoms with Crippen LogP contribution in [0.25, 0.3) is 0 Å². The molecule has 12 heavy (non-hydrogen) atoms. The molecule has 0 spiro atoms. The van der Waals surface area contributed by atoms with Gasteiger partial charge >= 0.3 is 0 Å². The molecule has 0 radical (unpaired) electrons. The van der Waals surface area contributed by atoms with E-state index in [4.69, 9.17) is 0 Å². The SMILES string of the molecule is OC1C=CCc2ccccc2C1. The van der Waals surface area contributed by atoms with Gasteiger partial charge in [0.15, 0.2) is 0 Å². The minimum absolute atomic E-state index is 0.298. The van der Waals surface area contributed by atoms with Gasteiger partial charge in [-0.05, 0) is 17.5 Å². The van der Waals surface area contributed by atoms with E-state index in [9.17, 15) is 5.11 Å². The van der Waals surface area contributed by atoms with Crippen LogP contribution >= 0.6 is 0 Å². The fraction of sp³-hybridized carbons (Fsp3) is 0.273. The Hall–Kier alpha value is -1.08. The first-order chi connectivity index (χ1) is 5.86. The lowest BCUT2D eigenvalue weighted by Crippen LogP contribution is -2.05. The molecule has 0 heterocycles. The van der Waals surface area contributed by atoms with Crippen LogP contribution in [-0.4, -0.2) is 11.2 Å². The summed E-state index contributed by atoms with van der Waals surface area (Å²) in [5.41, 5.74) is 2.61. The zero-order chi connectivity index (χ0) is 8.39. The van der Waals surface area contributed by atoms with Crippen LogP contribution in [0.15, 0.2) is 36.4 Å². The summed E-state index contributed by atoms with van der Waals surface area (Å²) < 4.78 is 0. The van der Waals surface area contributed by atoms with Crippen LogP contribution in [0.1, 0.15) is 11.1 Å². The number of fused-ring (bicyclic) bond motifs is 1. The van der Waals surface area contributed by atoms with Gasteiger partial charge in [0.1, 0.15) is 0 Å². The van der Waals surface area contributed by atoms with Crippen molar-refractivity contribution in [1.82, 2.24) is 0 Å². The Bertz CT molecular complexity index is 302. The van der Waals surface area contributed by atoms with Gasteiger partial charge in [-0.3, -0.25) is 0 Å². The monoisotopic (exact) mass is 160 g/mol. The second-order valence-electron chi connectivity index (χ2n) is 3.17. The van der Waals surface area contributed by atoms with E-state index in [1.54, 1.807) is 0 Å². The number of rotatable bonds is 0. The molecule has 1 atom stereocenters. The van der Waals surface area contributed by atoms with Gasteiger partial charge < -0.3 is 5.11 Å². The summed E-state index contributed by atoms with van der Waals surface area (Å²) in [4.78, 5) is 0. The lowest BCUT2D eigenvalue weighted by Gasteiger charge is -2.06. The van der Waals surface area contributed by atoms with Crippen molar-refractivity contribution in [3.05, 3.63) is 47.5 Å². The Morgan fingerprint density at radius 1 is 1.17 bits per heavy atom. The molecule has 1 N–H and O–H groups in total. The largest absolute Gasteiger partial charge is 0.389 e. The zero-order valence-corrected chi connectivity index (χ0v) is 6.90. The normalized spacial score (nSPS) is 21.6. The number of aliphatic hydroxyl groups is 1. The van der Waals surface area contributed by atoms with Crippen molar-refractivity contribution >= 4 is 0 Å². The Labute approximate surface area is 72.4 Å². The predicted molar refractivity (Wildman–Crippen MR) is 49.0 cm³/mol. The molecule has 1 unspecified atom stereocenters. The van der Waals surface area contributed by atoms with Crippen molar-refractivity contribution in [2.24, 2.45) is 0 Å². The first-order valence-electron chi connectivity index (χ1n) is 4.28. The molecular formula is C11H12O. The van der Waals surface area contributed by atoms with Crippen molar-refractivity contribution in [2.75, 3.05) is 0 Å². The molecule has 0 aliphatic heterocycles. The minimum atomic E-state index is -0.298. The molecule has 0 aromatic heterocycles. The van der Waals surface area contributed by atoms with E-state index >= 15 is 0 Å². The highest BCUT2D eigenvalue weighted by Crippen LogP contribution is 2.15. The molecule has 1 nitrogen and oxygen atoms in total. The maximum absolute atomic E-state index is 9.45. The Morgan fingerprint density at radius 2 is 1.92 bits per heavy atom. The quantitative estimate of drug-likeness (QED) is 0.573. The summed E-state index contributed by atoms with van der Waals surface area (Å²) in [5, 5.41) is 9.45. The predicted octanol–water partition coefficient (Wildman–Crippen LogP) is 1.70. The molecule has 0 fully saturated rings. The summed E-state index contributed by atoms with van der Waals surface area (Å²) in [7, 11) is 0. The molecule has 0 saturated carbocycles. The van der Waals surface area contributed by atoms with Crippen molar-refractivity contribution in [3.63, 3.8) is 0 Å². The van der Waals surface area contributed by atoms with Crippen molar-refractivity contribution < 1.29 is 5.11 Å². The van der Waals surface area contributed by atoms with Gasteiger partial charge in [-0.25, -0.2) is 0 Å². The average molecular weight is 160 g/mol. The summed E-state index contributed by atoms with van der Waals surface area (Å²) in [6, 6.07) is 8.28. The molecule has 1 aromatic rings. The number of allylic oxidation sites excluding steroid dienone is 1. The van der Waals surface area contributed by atoms with Crippen LogP contribution in [0.4, 0.5) is 0 Å². The van der Waals surface area contributed by atoms with Gasteiger partial charge in [0.05, 0.1) is 6.10 Å². The molecule has 0 amide bonds. The first kappa shape index (κ1) is 7.56. The summed E-state index contributed by atoms with van der Waals surface area (Å²) in [6.45, 7) is 0. The lowest BCUT2D eigenvalue weighted by atomic mass is 10.0. The van der Waals surface area contributed by atoms with Gasteiger partial charge in [-0.1, -0.05) is 36.4 Å². The number of aliphatic hydroxyl groups excluding tert-OH is 1. The first-order valence-corrected chi connectivity index (χ1v) is 4.28. The summed E-state index contributed by atoms with van der Waals surface area (Å²) in [5.74, 6) is 0. The molecule has 1 aliphatic carbocycles. The second kappa shape index (κ2) is 3.11. The van der Waals surface area contributed by atoms with Crippen LogP contribution in [0, 0.1) is 0 Å². The summed E-state index contributed by atoms with van der Waals surface area (Å²) >= 11 is 0. The topological polar surface area (TPSA) is 20.2 Å². The third-order valence-electron chi connectivity index (χ3n) is 2.24. The van der Waals surface area contributed by atoms with Crippen molar-refractivity contribution in [1.29, 1.82) is 0 Å². The molecule has 1 aromatic carbocycles. The molecular weight excluding hydrogens is 148 g/mol. The highest BCUT2D eigenvalue weighted by Gasteiger charge is 2.08. The molecule has 2 rings (SSSR count). The molecule has 1 heteroatoms. The number of hydrogen-bond acceptors (Lipinski definition) is 1. The van der Waals surface area contributed by atoms with E-state index in [1.807, 2.05) is 24.3 Å². The summed E-state index contributed by atoms with van der Waals surface area (Å²) in [6.07, 6.45) is 5.32. The third-order valence-corrected chi connectivity index (χ3v) is 2.24. The van der Waals surface area contributed by atoms with Crippen molar-refractivity contribution in [2.45, 2.75) is 18.9 Å². The zero-order valence-electron chi connectivity index (χ0n) is 6.90. The number of hydrogen-bond donors (Lipinski definition) is 1. The van der Waals surface area contributed by atoms with E-state index in [0.717, 1.165) is 12.8 Å².